The molecule has 2 rings (SSSR count). The molecule has 0 aromatic heterocycles. The van der Waals surface area contributed by atoms with Crippen LogP contribution in [0.4, 0.5) is 11.4 Å². The van der Waals surface area contributed by atoms with Gasteiger partial charge in [-0.2, -0.15) is 0 Å². The number of rotatable bonds is 5. The molecular weight excluding hydrogens is 242 g/mol. The van der Waals surface area contributed by atoms with E-state index in [0.717, 1.165) is 19.6 Å². The standard InChI is InChI=1S/C14H21N3O2/c1-2-17-7-3-4-11(17)9-16-13-8-10(14(18)19)5-6-12(13)15/h5-6,8,11,16H,2-4,7,9,15H2,1H3,(H,18,19). The van der Waals surface area contributed by atoms with E-state index in [0.29, 0.717) is 17.4 Å². The first kappa shape index (κ1) is 13.7. The molecule has 0 amide bonds. The maximum Gasteiger partial charge on any atom is 0.335 e. The fourth-order valence-corrected chi connectivity index (χ4v) is 2.61. The van der Waals surface area contributed by atoms with Crippen LogP contribution in [-0.2, 0) is 0 Å². The maximum absolute atomic E-state index is 10.9. The number of carboxylic acid groups (broad SMARTS) is 1. The SMILES string of the molecule is CCN1CCCC1CNc1cc(C(=O)O)ccc1N. The van der Waals surface area contributed by atoms with Crippen LogP contribution >= 0.6 is 0 Å². The lowest BCUT2D eigenvalue weighted by Crippen LogP contribution is -2.34. The van der Waals surface area contributed by atoms with Gasteiger partial charge in [-0.1, -0.05) is 6.92 Å². The second-order valence-corrected chi connectivity index (χ2v) is 4.91. The van der Waals surface area contributed by atoms with Crippen molar-refractivity contribution < 1.29 is 9.90 Å². The van der Waals surface area contributed by atoms with Crippen LogP contribution in [0.1, 0.15) is 30.1 Å². The largest absolute Gasteiger partial charge is 0.478 e. The van der Waals surface area contributed by atoms with E-state index in [-0.39, 0.29) is 5.56 Å². The normalized spacial score (nSPS) is 19.5. The number of nitrogens with one attached hydrogen (secondary N) is 1. The third-order valence-electron chi connectivity index (χ3n) is 3.73. The summed E-state index contributed by atoms with van der Waals surface area (Å²) in [7, 11) is 0. The smallest absolute Gasteiger partial charge is 0.335 e. The van der Waals surface area contributed by atoms with E-state index in [1.165, 1.54) is 18.9 Å². The summed E-state index contributed by atoms with van der Waals surface area (Å²) in [6.45, 7) is 5.17. The van der Waals surface area contributed by atoms with Gasteiger partial charge in [0.1, 0.15) is 0 Å². The van der Waals surface area contributed by atoms with Crippen LogP contribution in [0, 0.1) is 0 Å². The molecule has 0 bridgehead atoms. The van der Waals surface area contributed by atoms with E-state index in [1.807, 2.05) is 0 Å². The Hall–Kier alpha value is -1.75. The first-order valence-electron chi connectivity index (χ1n) is 6.72. The lowest BCUT2D eigenvalue weighted by atomic mass is 10.1. The zero-order chi connectivity index (χ0) is 13.8. The molecule has 5 nitrogen and oxygen atoms in total. The molecule has 1 aliphatic heterocycles. The Morgan fingerprint density at radius 2 is 2.37 bits per heavy atom. The van der Waals surface area contributed by atoms with E-state index >= 15 is 0 Å². The summed E-state index contributed by atoms with van der Waals surface area (Å²) < 4.78 is 0. The summed E-state index contributed by atoms with van der Waals surface area (Å²) >= 11 is 0. The number of carboxylic acids is 1. The molecule has 1 aromatic rings. The molecule has 1 aromatic carbocycles. The van der Waals surface area contributed by atoms with Gasteiger partial charge in [0.2, 0.25) is 0 Å². The first-order chi connectivity index (χ1) is 9.11. The summed E-state index contributed by atoms with van der Waals surface area (Å²) in [5.74, 6) is -0.931. The minimum atomic E-state index is -0.931. The Morgan fingerprint density at radius 3 is 3.05 bits per heavy atom. The van der Waals surface area contributed by atoms with Crippen molar-refractivity contribution >= 4 is 17.3 Å². The van der Waals surface area contributed by atoms with Crippen LogP contribution in [0.5, 0.6) is 0 Å². The topological polar surface area (TPSA) is 78.6 Å². The highest BCUT2D eigenvalue weighted by molar-refractivity contribution is 5.90. The number of hydrogen-bond donors (Lipinski definition) is 3. The van der Waals surface area contributed by atoms with Crippen LogP contribution in [0.15, 0.2) is 18.2 Å². The highest BCUT2D eigenvalue weighted by Crippen LogP contribution is 2.22. The van der Waals surface area contributed by atoms with Gasteiger partial charge in [0.25, 0.3) is 0 Å². The van der Waals surface area contributed by atoms with Gasteiger partial charge in [-0.3, -0.25) is 4.90 Å². The zero-order valence-electron chi connectivity index (χ0n) is 11.2. The average Bonchev–Trinajstić information content (AvgIpc) is 2.85. The van der Waals surface area contributed by atoms with E-state index in [1.54, 1.807) is 12.1 Å². The molecule has 1 atom stereocenters. The second kappa shape index (κ2) is 5.93. The molecule has 19 heavy (non-hydrogen) atoms. The molecule has 104 valence electrons. The van der Waals surface area contributed by atoms with Crippen molar-refractivity contribution in [3.63, 3.8) is 0 Å². The average molecular weight is 263 g/mol. The van der Waals surface area contributed by atoms with E-state index in [2.05, 4.69) is 17.1 Å². The van der Waals surface area contributed by atoms with Crippen molar-refractivity contribution in [1.82, 2.24) is 4.90 Å². The summed E-state index contributed by atoms with van der Waals surface area (Å²) in [4.78, 5) is 13.4. The van der Waals surface area contributed by atoms with Crippen LogP contribution < -0.4 is 11.1 Å². The number of nitrogen functional groups attached to an aromatic ring is 1. The molecule has 0 saturated carbocycles. The molecular formula is C14H21N3O2. The van der Waals surface area contributed by atoms with E-state index < -0.39 is 5.97 Å². The van der Waals surface area contributed by atoms with Gasteiger partial charge in [0.15, 0.2) is 0 Å². The highest BCUT2D eigenvalue weighted by Gasteiger charge is 2.22. The number of nitrogens with zero attached hydrogens (tertiary/aromatic N) is 1. The van der Waals surface area contributed by atoms with Crippen molar-refractivity contribution in [1.29, 1.82) is 0 Å². The maximum atomic E-state index is 10.9. The van der Waals surface area contributed by atoms with Gasteiger partial charge < -0.3 is 16.2 Å². The van der Waals surface area contributed by atoms with Crippen LogP contribution in [0.2, 0.25) is 0 Å². The fraction of sp³-hybridized carbons (Fsp3) is 0.500. The van der Waals surface area contributed by atoms with Gasteiger partial charge in [0, 0.05) is 12.6 Å². The van der Waals surface area contributed by atoms with Crippen LogP contribution in [-0.4, -0.2) is 41.7 Å². The van der Waals surface area contributed by atoms with Crippen LogP contribution in [0.3, 0.4) is 0 Å². The lowest BCUT2D eigenvalue weighted by molar-refractivity contribution is 0.0697. The Morgan fingerprint density at radius 1 is 1.58 bits per heavy atom. The Labute approximate surface area is 113 Å². The molecule has 0 radical (unpaired) electrons. The molecule has 1 fully saturated rings. The molecule has 0 spiro atoms. The number of carbonyl (C=O) groups is 1. The van der Waals surface area contributed by atoms with Gasteiger partial charge in [-0.15, -0.1) is 0 Å². The Balaban J connectivity index is 2.02. The minimum Gasteiger partial charge on any atom is -0.478 e. The first-order valence-corrected chi connectivity index (χ1v) is 6.72. The van der Waals surface area contributed by atoms with Crippen molar-refractivity contribution in [2.24, 2.45) is 0 Å². The lowest BCUT2D eigenvalue weighted by Gasteiger charge is -2.23. The fourth-order valence-electron chi connectivity index (χ4n) is 2.61. The molecule has 1 saturated heterocycles. The van der Waals surface area contributed by atoms with Crippen molar-refractivity contribution in [2.75, 3.05) is 30.7 Å². The summed E-state index contributed by atoms with van der Waals surface area (Å²) in [5, 5.41) is 12.3. The number of anilines is 2. The predicted octanol–water partition coefficient (Wildman–Crippen LogP) is 1.86. The van der Waals surface area contributed by atoms with Gasteiger partial charge in [-0.25, -0.2) is 4.79 Å². The van der Waals surface area contributed by atoms with E-state index in [4.69, 9.17) is 10.8 Å². The molecule has 4 N–H and O–H groups in total. The summed E-state index contributed by atoms with van der Waals surface area (Å²) in [6.07, 6.45) is 2.41. The quantitative estimate of drug-likeness (QED) is 0.707. The van der Waals surface area contributed by atoms with Crippen LogP contribution in [0.25, 0.3) is 0 Å². The number of hydrogen-bond acceptors (Lipinski definition) is 4. The molecule has 1 unspecified atom stereocenters. The van der Waals surface area contributed by atoms with E-state index in [9.17, 15) is 4.79 Å². The van der Waals surface area contributed by atoms with Gasteiger partial charge >= 0.3 is 5.97 Å². The monoisotopic (exact) mass is 263 g/mol. The van der Waals surface area contributed by atoms with Crippen molar-refractivity contribution in [2.45, 2.75) is 25.8 Å². The minimum absolute atomic E-state index is 0.260. The number of likely N-dealkylation sites (N-methyl/N-ethyl adjacent to an activating group) is 1. The third kappa shape index (κ3) is 3.17. The molecule has 1 aliphatic rings. The van der Waals surface area contributed by atoms with Gasteiger partial charge in [0.05, 0.1) is 16.9 Å². The highest BCUT2D eigenvalue weighted by atomic mass is 16.4. The number of likely N-dealkylation sites (tertiary alicyclic amines) is 1. The second-order valence-electron chi connectivity index (χ2n) is 4.91. The predicted molar refractivity (Wildman–Crippen MR) is 76.6 cm³/mol. The molecule has 0 aliphatic carbocycles. The number of aromatic carboxylic acids is 1. The summed E-state index contributed by atoms with van der Waals surface area (Å²) in [6, 6.07) is 5.27. The zero-order valence-corrected chi connectivity index (χ0v) is 11.2. The molecule has 1 heterocycles. The van der Waals surface area contributed by atoms with Crippen molar-refractivity contribution in [3.05, 3.63) is 23.8 Å². The summed E-state index contributed by atoms with van der Waals surface area (Å²) in [5.41, 5.74) is 7.43. The van der Waals surface area contributed by atoms with Crippen molar-refractivity contribution in [3.8, 4) is 0 Å². The number of nitrogens with two attached hydrogens (primary N) is 1. The Bertz CT molecular complexity index is 462. The number of benzene rings is 1. The molecule has 5 heteroatoms. The van der Waals surface area contributed by atoms with Gasteiger partial charge in [-0.05, 0) is 44.1 Å². The Kier molecular flexibility index (Phi) is 4.27. The third-order valence-corrected chi connectivity index (χ3v) is 3.73.